The summed E-state index contributed by atoms with van der Waals surface area (Å²) in [6, 6.07) is 0. The second-order valence-electron chi connectivity index (χ2n) is 3.90. The van der Waals surface area contributed by atoms with Crippen molar-refractivity contribution in [1.29, 1.82) is 0 Å². The van der Waals surface area contributed by atoms with Gasteiger partial charge in [0.25, 0.3) is 0 Å². The minimum atomic E-state index is 0.647. The average molecular weight is 249 g/mol. The number of nitrogens with one attached hydrogen (secondary N) is 1. The Morgan fingerprint density at radius 2 is 2.00 bits per heavy atom. The lowest BCUT2D eigenvalue weighted by molar-refractivity contribution is 0.915. The van der Waals surface area contributed by atoms with E-state index in [4.69, 9.17) is 5.84 Å². The van der Waals surface area contributed by atoms with E-state index < -0.39 is 0 Å². The van der Waals surface area contributed by atoms with Gasteiger partial charge in [-0.05, 0) is 20.8 Å². The largest absolute Gasteiger partial charge is 0.308 e. The lowest BCUT2D eigenvalue weighted by Crippen LogP contribution is -2.13. The van der Waals surface area contributed by atoms with E-state index in [1.165, 1.54) is 0 Å². The number of nitrogen functional groups attached to an aromatic ring is 1. The van der Waals surface area contributed by atoms with Gasteiger partial charge in [-0.3, -0.25) is 0 Å². The zero-order valence-corrected chi connectivity index (χ0v) is 10.9. The Balaban J connectivity index is 2.30. The molecule has 17 heavy (non-hydrogen) atoms. The molecule has 0 saturated heterocycles. The molecule has 0 fully saturated rings. The summed E-state index contributed by atoms with van der Waals surface area (Å²) in [6.07, 6.45) is 0.647. The van der Waals surface area contributed by atoms with Gasteiger partial charge in [-0.1, -0.05) is 0 Å². The topological polar surface area (TPSA) is 76.7 Å². The van der Waals surface area contributed by atoms with E-state index in [-0.39, 0.29) is 0 Å². The van der Waals surface area contributed by atoms with Crippen LogP contribution in [0.4, 0.5) is 5.82 Å². The van der Waals surface area contributed by atoms with Gasteiger partial charge in [0, 0.05) is 22.3 Å². The summed E-state index contributed by atoms with van der Waals surface area (Å²) in [5.74, 6) is 6.86. The number of anilines is 1. The number of aryl methyl sites for hydroxylation is 2. The van der Waals surface area contributed by atoms with Crippen molar-refractivity contribution in [3.63, 3.8) is 0 Å². The molecule has 0 saturated carbocycles. The molecule has 3 N–H and O–H groups in total. The molecule has 2 rings (SSSR count). The van der Waals surface area contributed by atoms with E-state index in [9.17, 15) is 0 Å². The molecule has 0 amide bonds. The molecular formula is C11H15N5S. The summed E-state index contributed by atoms with van der Waals surface area (Å²) in [7, 11) is 0. The molecule has 6 heteroatoms. The van der Waals surface area contributed by atoms with E-state index in [0.717, 1.165) is 27.8 Å². The van der Waals surface area contributed by atoms with Crippen LogP contribution in [0.25, 0.3) is 0 Å². The first-order chi connectivity index (χ1) is 8.10. The van der Waals surface area contributed by atoms with E-state index in [2.05, 4.69) is 20.4 Å². The summed E-state index contributed by atoms with van der Waals surface area (Å²) < 4.78 is 0. The van der Waals surface area contributed by atoms with Gasteiger partial charge < -0.3 is 5.43 Å². The predicted octanol–water partition coefficient (Wildman–Crippen LogP) is 1.73. The number of hydrogen-bond donors (Lipinski definition) is 2. The quantitative estimate of drug-likeness (QED) is 0.640. The average Bonchev–Trinajstić information content (AvgIpc) is 2.69. The number of hydrogen-bond acceptors (Lipinski definition) is 6. The Kier molecular flexibility index (Phi) is 3.35. The van der Waals surface area contributed by atoms with Crippen molar-refractivity contribution in [2.45, 2.75) is 27.2 Å². The number of rotatable bonds is 3. The van der Waals surface area contributed by atoms with Gasteiger partial charge in [0.2, 0.25) is 0 Å². The third kappa shape index (κ3) is 2.59. The van der Waals surface area contributed by atoms with Crippen molar-refractivity contribution in [2.75, 3.05) is 5.43 Å². The van der Waals surface area contributed by atoms with Crippen LogP contribution in [0, 0.1) is 20.8 Å². The first kappa shape index (κ1) is 11.9. The molecule has 0 spiro atoms. The van der Waals surface area contributed by atoms with Crippen molar-refractivity contribution >= 4 is 17.2 Å². The number of thiazole rings is 1. The van der Waals surface area contributed by atoms with Crippen LogP contribution in [-0.2, 0) is 6.42 Å². The monoisotopic (exact) mass is 249 g/mol. The molecule has 0 unspecified atom stereocenters. The van der Waals surface area contributed by atoms with E-state index in [1.807, 2.05) is 26.2 Å². The molecule has 0 bridgehead atoms. The van der Waals surface area contributed by atoms with Crippen LogP contribution < -0.4 is 11.3 Å². The van der Waals surface area contributed by atoms with Crippen LogP contribution in [0.2, 0.25) is 0 Å². The molecule has 2 aromatic heterocycles. The molecule has 0 aliphatic rings. The Morgan fingerprint density at radius 1 is 1.24 bits per heavy atom. The molecule has 0 aliphatic carbocycles. The van der Waals surface area contributed by atoms with Crippen molar-refractivity contribution < 1.29 is 0 Å². The minimum Gasteiger partial charge on any atom is -0.308 e. The second-order valence-corrected chi connectivity index (χ2v) is 4.85. The molecule has 2 heterocycles. The van der Waals surface area contributed by atoms with Gasteiger partial charge in [0.15, 0.2) is 0 Å². The molecule has 0 atom stereocenters. The van der Waals surface area contributed by atoms with E-state index in [0.29, 0.717) is 12.2 Å². The fourth-order valence-corrected chi connectivity index (χ4v) is 2.29. The zero-order chi connectivity index (χ0) is 12.4. The normalized spacial score (nSPS) is 10.6. The maximum Gasteiger partial charge on any atom is 0.146 e. The Bertz CT molecular complexity index is 535. The van der Waals surface area contributed by atoms with Gasteiger partial charge >= 0.3 is 0 Å². The van der Waals surface area contributed by atoms with Crippen LogP contribution in [0.5, 0.6) is 0 Å². The van der Waals surface area contributed by atoms with Crippen LogP contribution in [-0.4, -0.2) is 15.0 Å². The number of hydrazine groups is 1. The third-order valence-electron chi connectivity index (χ3n) is 2.55. The summed E-state index contributed by atoms with van der Waals surface area (Å²) in [6.45, 7) is 5.88. The summed E-state index contributed by atoms with van der Waals surface area (Å²) in [5.41, 5.74) is 5.55. The number of nitrogens with zero attached hydrogens (tertiary/aromatic N) is 3. The van der Waals surface area contributed by atoms with Gasteiger partial charge in [-0.25, -0.2) is 20.8 Å². The number of nitrogens with two attached hydrogens (primary N) is 1. The van der Waals surface area contributed by atoms with Gasteiger partial charge in [0.05, 0.1) is 6.42 Å². The van der Waals surface area contributed by atoms with Crippen LogP contribution in [0.15, 0.2) is 5.38 Å². The summed E-state index contributed by atoms with van der Waals surface area (Å²) in [5, 5.41) is 3.05. The Morgan fingerprint density at radius 3 is 2.59 bits per heavy atom. The lowest BCUT2D eigenvalue weighted by Gasteiger charge is -2.08. The second kappa shape index (κ2) is 4.77. The fraction of sp³-hybridized carbons (Fsp3) is 0.364. The predicted molar refractivity (Wildman–Crippen MR) is 69.0 cm³/mol. The fourth-order valence-electron chi connectivity index (χ4n) is 1.53. The lowest BCUT2D eigenvalue weighted by atomic mass is 10.2. The molecule has 0 radical (unpaired) electrons. The molecule has 90 valence electrons. The molecule has 0 aromatic carbocycles. The highest BCUT2D eigenvalue weighted by Gasteiger charge is 2.09. The summed E-state index contributed by atoms with van der Waals surface area (Å²) >= 11 is 1.63. The third-order valence-corrected chi connectivity index (χ3v) is 3.51. The zero-order valence-electron chi connectivity index (χ0n) is 10.1. The van der Waals surface area contributed by atoms with Crippen molar-refractivity contribution in [2.24, 2.45) is 5.84 Å². The van der Waals surface area contributed by atoms with Gasteiger partial charge in [0.1, 0.15) is 16.6 Å². The molecule has 5 nitrogen and oxygen atoms in total. The van der Waals surface area contributed by atoms with Crippen LogP contribution >= 0.6 is 11.3 Å². The highest BCUT2D eigenvalue weighted by Crippen LogP contribution is 2.17. The van der Waals surface area contributed by atoms with E-state index >= 15 is 0 Å². The number of aromatic nitrogens is 3. The van der Waals surface area contributed by atoms with Gasteiger partial charge in [-0.2, -0.15) is 0 Å². The highest BCUT2D eigenvalue weighted by molar-refractivity contribution is 7.09. The SMILES string of the molecule is Cc1csc(Cc2nc(C)c(C)c(NN)n2)n1. The highest BCUT2D eigenvalue weighted by atomic mass is 32.1. The molecule has 0 aliphatic heterocycles. The smallest absolute Gasteiger partial charge is 0.146 e. The maximum absolute atomic E-state index is 5.43. The van der Waals surface area contributed by atoms with Crippen molar-refractivity contribution in [3.8, 4) is 0 Å². The van der Waals surface area contributed by atoms with Crippen molar-refractivity contribution in [1.82, 2.24) is 15.0 Å². The van der Waals surface area contributed by atoms with E-state index in [1.54, 1.807) is 11.3 Å². The van der Waals surface area contributed by atoms with Crippen molar-refractivity contribution in [3.05, 3.63) is 33.2 Å². The standard InChI is InChI=1S/C11H15N5S/c1-6-5-17-10(13-6)4-9-14-8(3)7(2)11(15-9)16-12/h5H,4,12H2,1-3H3,(H,14,15,16). The Hall–Kier alpha value is -1.53. The van der Waals surface area contributed by atoms with Crippen LogP contribution in [0.3, 0.4) is 0 Å². The summed E-state index contributed by atoms with van der Waals surface area (Å²) in [4.78, 5) is 13.2. The molecule has 2 aromatic rings. The maximum atomic E-state index is 5.43. The van der Waals surface area contributed by atoms with Gasteiger partial charge in [-0.15, -0.1) is 11.3 Å². The first-order valence-electron chi connectivity index (χ1n) is 5.32. The minimum absolute atomic E-state index is 0.647. The Labute approximate surface area is 104 Å². The molecular weight excluding hydrogens is 234 g/mol. The van der Waals surface area contributed by atoms with Crippen LogP contribution in [0.1, 0.15) is 27.8 Å². The first-order valence-corrected chi connectivity index (χ1v) is 6.20.